The van der Waals surface area contributed by atoms with Crippen molar-refractivity contribution >= 4 is 17.5 Å². The van der Waals surface area contributed by atoms with E-state index in [2.05, 4.69) is 10.1 Å². The number of aliphatic hydroxyl groups is 2. The van der Waals surface area contributed by atoms with Crippen LogP contribution in [0.2, 0.25) is 0 Å². The minimum Gasteiger partial charge on any atom is -0.431 e. The van der Waals surface area contributed by atoms with Gasteiger partial charge in [0.1, 0.15) is 48.9 Å². The minimum absolute atomic E-state index is 0.00713. The number of carbonyl (C=O) groups excluding carboxylic acids is 1. The predicted octanol–water partition coefficient (Wildman–Crippen LogP) is 0.882. The van der Waals surface area contributed by atoms with Crippen LogP contribution in [0.3, 0.4) is 0 Å². The van der Waals surface area contributed by atoms with Crippen LogP contribution in [0.5, 0.6) is 0 Å². The molecule has 0 amide bonds. The van der Waals surface area contributed by atoms with Crippen molar-refractivity contribution in [1.29, 1.82) is 5.26 Å². The summed E-state index contributed by atoms with van der Waals surface area (Å²) < 4.78 is 43.3. The molecule has 2 aromatic heterocycles. The molecule has 0 bridgehead atoms. The van der Waals surface area contributed by atoms with Gasteiger partial charge in [-0.3, -0.25) is 0 Å². The number of halogens is 2. The van der Waals surface area contributed by atoms with Gasteiger partial charge in [0.05, 0.1) is 5.69 Å². The number of nitriles is 1. The van der Waals surface area contributed by atoms with Crippen molar-refractivity contribution < 1.29 is 38.0 Å². The summed E-state index contributed by atoms with van der Waals surface area (Å²) in [4.78, 5) is 15.8. The zero-order chi connectivity index (χ0) is 23.1. The molecular weight excluding hydrogens is 432 g/mol. The molecule has 4 rings (SSSR count). The van der Waals surface area contributed by atoms with Gasteiger partial charge < -0.3 is 30.2 Å². The first-order valence-electron chi connectivity index (χ1n) is 9.92. The first-order chi connectivity index (χ1) is 15.2. The normalized spacial score (nSPS) is 30.2. The molecule has 1 aliphatic heterocycles. The number of rotatable bonds is 4. The molecule has 2 aliphatic rings. The lowest BCUT2D eigenvalue weighted by Gasteiger charge is -2.27. The molecule has 0 unspecified atom stereocenters. The maximum Gasteiger partial charge on any atom is 0.508 e. The highest BCUT2D eigenvalue weighted by atomic mass is 19.3. The van der Waals surface area contributed by atoms with Crippen molar-refractivity contribution in [3.05, 3.63) is 24.2 Å². The number of ether oxygens (including phenoxy) is 3. The van der Waals surface area contributed by atoms with Crippen LogP contribution in [0.1, 0.15) is 31.4 Å². The molecule has 3 heterocycles. The Morgan fingerprint density at radius 2 is 2.09 bits per heavy atom. The summed E-state index contributed by atoms with van der Waals surface area (Å²) in [5.74, 6) is -2.63. The summed E-state index contributed by atoms with van der Waals surface area (Å²) in [5, 5.41) is 34.9. The molecule has 13 heteroatoms. The van der Waals surface area contributed by atoms with Gasteiger partial charge in [-0.25, -0.2) is 23.1 Å². The molecule has 0 aromatic carbocycles. The summed E-state index contributed by atoms with van der Waals surface area (Å²) in [6.45, 7) is -0.538. The molecule has 0 radical (unpaired) electrons. The Labute approximate surface area is 180 Å². The van der Waals surface area contributed by atoms with Crippen molar-refractivity contribution in [2.45, 2.75) is 61.6 Å². The summed E-state index contributed by atoms with van der Waals surface area (Å²) in [6, 6.07) is 4.85. The van der Waals surface area contributed by atoms with Crippen LogP contribution in [0.15, 0.2) is 18.5 Å². The highest BCUT2D eigenvalue weighted by Gasteiger charge is 2.58. The predicted molar refractivity (Wildman–Crippen MR) is 101 cm³/mol. The van der Waals surface area contributed by atoms with Crippen LogP contribution in [0, 0.1) is 11.3 Å². The van der Waals surface area contributed by atoms with E-state index in [9.17, 15) is 29.1 Å². The fourth-order valence-electron chi connectivity index (χ4n) is 4.00. The fraction of sp³-hybridized carbons (Fsp3) is 0.579. The van der Waals surface area contributed by atoms with Crippen molar-refractivity contribution in [3.63, 3.8) is 0 Å². The van der Waals surface area contributed by atoms with Crippen LogP contribution >= 0.6 is 0 Å². The summed E-state index contributed by atoms with van der Waals surface area (Å²) >= 11 is 0. The number of anilines is 1. The Morgan fingerprint density at radius 1 is 1.38 bits per heavy atom. The van der Waals surface area contributed by atoms with Crippen LogP contribution in [0.25, 0.3) is 5.52 Å². The highest BCUT2D eigenvalue weighted by molar-refractivity contribution is 5.66. The largest absolute Gasteiger partial charge is 0.508 e. The van der Waals surface area contributed by atoms with Crippen LogP contribution in [-0.2, 0) is 19.8 Å². The van der Waals surface area contributed by atoms with Crippen LogP contribution < -0.4 is 5.73 Å². The number of nitrogens with zero attached hydrogens (tertiary/aromatic N) is 4. The van der Waals surface area contributed by atoms with E-state index in [0.717, 1.165) is 6.33 Å². The minimum atomic E-state index is -2.76. The summed E-state index contributed by atoms with van der Waals surface area (Å²) in [6.07, 6.45) is -5.96. The van der Waals surface area contributed by atoms with E-state index in [1.54, 1.807) is 0 Å². The van der Waals surface area contributed by atoms with Crippen molar-refractivity contribution in [2.24, 2.45) is 0 Å². The van der Waals surface area contributed by atoms with Crippen LogP contribution in [-0.4, -0.2) is 67.9 Å². The molecule has 1 saturated carbocycles. The molecule has 1 saturated heterocycles. The zero-order valence-corrected chi connectivity index (χ0v) is 16.7. The summed E-state index contributed by atoms with van der Waals surface area (Å²) in [7, 11) is 0. The maximum atomic E-state index is 13.2. The second-order valence-corrected chi connectivity index (χ2v) is 7.83. The molecule has 0 spiro atoms. The highest BCUT2D eigenvalue weighted by Crippen LogP contribution is 2.40. The van der Waals surface area contributed by atoms with Gasteiger partial charge in [0.15, 0.2) is 5.82 Å². The van der Waals surface area contributed by atoms with E-state index in [1.165, 1.54) is 16.6 Å². The van der Waals surface area contributed by atoms with E-state index in [0.29, 0.717) is 5.52 Å². The lowest BCUT2D eigenvalue weighted by atomic mass is 9.92. The molecule has 172 valence electrons. The zero-order valence-electron chi connectivity index (χ0n) is 16.7. The van der Waals surface area contributed by atoms with Crippen molar-refractivity contribution in [1.82, 2.24) is 14.6 Å². The molecule has 32 heavy (non-hydrogen) atoms. The van der Waals surface area contributed by atoms with Gasteiger partial charge >= 0.3 is 6.16 Å². The number of carbonyl (C=O) groups is 1. The SMILES string of the molecule is N#C[C@@]1(c2ccc3c(N)ncnn23)O[C@H](COC(=O)OC2CCC(F)(F)CC2)[C@@H](O)[C@H]1O. The number of hydrogen-bond acceptors (Lipinski definition) is 10. The van der Waals surface area contributed by atoms with Gasteiger partial charge in [0.2, 0.25) is 11.5 Å². The van der Waals surface area contributed by atoms with E-state index in [-0.39, 0.29) is 37.2 Å². The topological polar surface area (TPSA) is 165 Å². The third kappa shape index (κ3) is 3.81. The number of aliphatic hydroxyl groups excluding tert-OH is 2. The summed E-state index contributed by atoms with van der Waals surface area (Å²) in [5.41, 5.74) is 4.23. The van der Waals surface area contributed by atoms with E-state index in [4.69, 9.17) is 19.9 Å². The third-order valence-corrected chi connectivity index (χ3v) is 5.78. The first-order valence-corrected chi connectivity index (χ1v) is 9.92. The number of fused-ring (bicyclic) bond motifs is 1. The average molecular weight is 453 g/mol. The molecule has 2 aromatic rings. The Balaban J connectivity index is 1.44. The Morgan fingerprint density at radius 3 is 2.78 bits per heavy atom. The number of nitrogen functional groups attached to an aromatic ring is 1. The standard InChI is InChI=1S/C19H21F2N5O6/c20-18(21)5-3-10(4-6-18)31-17(29)30-7-12-14(27)15(28)19(8-22,32-12)13-2-1-11-16(23)24-9-25-26(11)13/h1-2,9-10,12,14-15,27-28H,3-7H2,(H2,23,24,25)/t12-,14-,15-,19+/m1/s1. The third-order valence-electron chi connectivity index (χ3n) is 5.78. The smallest absolute Gasteiger partial charge is 0.431 e. The molecule has 4 N–H and O–H groups in total. The van der Waals surface area contributed by atoms with Crippen molar-refractivity contribution in [2.75, 3.05) is 12.3 Å². The second-order valence-electron chi connectivity index (χ2n) is 7.83. The number of hydrogen-bond donors (Lipinski definition) is 3. The molecule has 11 nitrogen and oxygen atoms in total. The lowest BCUT2D eigenvalue weighted by molar-refractivity contribution is -0.0893. The van der Waals surface area contributed by atoms with Gasteiger partial charge in [-0.2, -0.15) is 10.4 Å². The second kappa shape index (κ2) is 8.12. The fourth-order valence-corrected chi connectivity index (χ4v) is 4.00. The monoisotopic (exact) mass is 453 g/mol. The van der Waals surface area contributed by atoms with E-state index in [1.807, 2.05) is 6.07 Å². The number of nitrogens with two attached hydrogens (primary N) is 1. The number of aromatic nitrogens is 3. The van der Waals surface area contributed by atoms with Gasteiger partial charge in [0, 0.05) is 12.8 Å². The molecule has 4 atom stereocenters. The Bertz CT molecular complexity index is 1050. The quantitative estimate of drug-likeness (QED) is 0.566. The van der Waals surface area contributed by atoms with E-state index < -0.39 is 48.7 Å². The van der Waals surface area contributed by atoms with E-state index >= 15 is 0 Å². The molecular formula is C19H21F2N5O6. The lowest BCUT2D eigenvalue weighted by Crippen LogP contribution is -2.41. The average Bonchev–Trinajstić information content (AvgIpc) is 3.30. The molecule has 2 fully saturated rings. The van der Waals surface area contributed by atoms with Crippen LogP contribution in [0.4, 0.5) is 19.4 Å². The number of alkyl halides is 2. The molecule has 1 aliphatic carbocycles. The first kappa shape index (κ1) is 22.1. The van der Waals surface area contributed by atoms with Gasteiger partial charge in [-0.05, 0) is 25.0 Å². The Kier molecular flexibility index (Phi) is 5.61. The van der Waals surface area contributed by atoms with Gasteiger partial charge in [-0.1, -0.05) is 0 Å². The van der Waals surface area contributed by atoms with Crippen molar-refractivity contribution in [3.8, 4) is 6.07 Å². The maximum absolute atomic E-state index is 13.2. The Hall–Kier alpha value is -3.08. The van der Waals surface area contributed by atoms with Gasteiger partial charge in [-0.15, -0.1) is 0 Å². The van der Waals surface area contributed by atoms with Gasteiger partial charge in [0.25, 0.3) is 0 Å².